The first kappa shape index (κ1) is 17.5. The molecule has 0 atom stereocenters. The van der Waals surface area contributed by atoms with Gasteiger partial charge >= 0.3 is 5.63 Å². The SMILES string of the molecule is CCc1ccc2c(CSc3n[nH]c(-c4ccccc4F)n3)cc(=O)oc2c1. The number of halogens is 1. The van der Waals surface area contributed by atoms with Gasteiger partial charge in [-0.05, 0) is 35.7 Å². The second kappa shape index (κ2) is 7.36. The molecule has 0 aliphatic heterocycles. The van der Waals surface area contributed by atoms with E-state index in [2.05, 4.69) is 22.1 Å². The number of benzene rings is 2. The van der Waals surface area contributed by atoms with Crippen molar-refractivity contribution in [2.45, 2.75) is 24.3 Å². The second-order valence-electron chi connectivity index (χ2n) is 6.01. The maximum absolute atomic E-state index is 13.9. The molecule has 4 rings (SSSR count). The largest absolute Gasteiger partial charge is 0.423 e. The topological polar surface area (TPSA) is 71.8 Å². The van der Waals surface area contributed by atoms with Crippen LogP contribution in [0.4, 0.5) is 4.39 Å². The van der Waals surface area contributed by atoms with Crippen molar-refractivity contribution in [3.63, 3.8) is 0 Å². The van der Waals surface area contributed by atoms with Gasteiger partial charge in [0.05, 0.1) is 5.56 Å². The fourth-order valence-electron chi connectivity index (χ4n) is 2.84. The zero-order valence-electron chi connectivity index (χ0n) is 14.5. The van der Waals surface area contributed by atoms with E-state index in [1.165, 1.54) is 23.9 Å². The molecule has 136 valence electrons. The lowest BCUT2D eigenvalue weighted by molar-refractivity contribution is 0.559. The van der Waals surface area contributed by atoms with Crippen LogP contribution in [-0.2, 0) is 12.2 Å². The predicted molar refractivity (Wildman–Crippen MR) is 103 cm³/mol. The van der Waals surface area contributed by atoms with Crippen molar-refractivity contribution < 1.29 is 8.81 Å². The lowest BCUT2D eigenvalue weighted by atomic mass is 10.1. The molecule has 0 fully saturated rings. The smallest absolute Gasteiger partial charge is 0.336 e. The summed E-state index contributed by atoms with van der Waals surface area (Å²) in [4.78, 5) is 16.2. The Morgan fingerprint density at radius 1 is 1.19 bits per heavy atom. The van der Waals surface area contributed by atoms with Crippen LogP contribution in [0.15, 0.2) is 62.9 Å². The summed E-state index contributed by atoms with van der Waals surface area (Å²) in [6.07, 6.45) is 0.870. The molecule has 0 saturated heterocycles. The first-order valence-corrected chi connectivity index (χ1v) is 9.48. The van der Waals surface area contributed by atoms with Gasteiger partial charge in [-0.3, -0.25) is 5.10 Å². The first-order chi connectivity index (χ1) is 13.1. The van der Waals surface area contributed by atoms with Crippen molar-refractivity contribution in [3.8, 4) is 11.4 Å². The molecule has 0 bridgehead atoms. The number of rotatable bonds is 5. The van der Waals surface area contributed by atoms with Crippen molar-refractivity contribution in [3.05, 3.63) is 75.9 Å². The Bertz CT molecular complexity index is 1170. The molecule has 5 nitrogen and oxygen atoms in total. The third-order valence-corrected chi connectivity index (χ3v) is 5.15. The van der Waals surface area contributed by atoms with Crippen LogP contribution in [0.2, 0.25) is 0 Å². The van der Waals surface area contributed by atoms with E-state index >= 15 is 0 Å². The maximum atomic E-state index is 13.9. The minimum absolute atomic E-state index is 0.358. The molecule has 0 unspecified atom stereocenters. The van der Waals surface area contributed by atoms with E-state index < -0.39 is 0 Å². The van der Waals surface area contributed by atoms with E-state index in [0.717, 1.165) is 22.9 Å². The van der Waals surface area contributed by atoms with Gasteiger partial charge in [-0.2, -0.15) is 0 Å². The van der Waals surface area contributed by atoms with Gasteiger partial charge in [-0.25, -0.2) is 14.2 Å². The Hall–Kier alpha value is -2.93. The number of fused-ring (bicyclic) bond motifs is 1. The van der Waals surface area contributed by atoms with Gasteiger partial charge < -0.3 is 4.42 Å². The normalized spacial score (nSPS) is 11.2. The summed E-state index contributed by atoms with van der Waals surface area (Å²) in [6, 6.07) is 13.8. The molecule has 0 saturated carbocycles. The van der Waals surface area contributed by atoms with E-state index in [4.69, 9.17) is 4.42 Å². The van der Waals surface area contributed by atoms with Gasteiger partial charge in [-0.1, -0.05) is 43.0 Å². The van der Waals surface area contributed by atoms with Crippen LogP contribution in [0, 0.1) is 5.82 Å². The van der Waals surface area contributed by atoms with Crippen molar-refractivity contribution in [2.24, 2.45) is 0 Å². The van der Waals surface area contributed by atoms with Crippen LogP contribution in [0.5, 0.6) is 0 Å². The number of aromatic amines is 1. The third kappa shape index (κ3) is 3.64. The van der Waals surface area contributed by atoms with Gasteiger partial charge in [0.25, 0.3) is 0 Å². The molecule has 4 aromatic rings. The number of thioether (sulfide) groups is 1. The highest BCUT2D eigenvalue weighted by Gasteiger charge is 2.12. The monoisotopic (exact) mass is 381 g/mol. The highest BCUT2D eigenvalue weighted by atomic mass is 32.2. The molecule has 0 aliphatic carbocycles. The number of hydrogen-bond donors (Lipinski definition) is 1. The van der Waals surface area contributed by atoms with E-state index in [9.17, 15) is 9.18 Å². The third-order valence-electron chi connectivity index (χ3n) is 4.25. The summed E-state index contributed by atoms with van der Waals surface area (Å²) in [5, 5.41) is 8.28. The van der Waals surface area contributed by atoms with Gasteiger partial charge in [0.15, 0.2) is 5.82 Å². The molecular weight excluding hydrogens is 365 g/mol. The molecule has 0 radical (unpaired) electrons. The zero-order valence-corrected chi connectivity index (χ0v) is 15.3. The fourth-order valence-corrected chi connectivity index (χ4v) is 3.63. The molecule has 0 amide bonds. The zero-order chi connectivity index (χ0) is 18.8. The lowest BCUT2D eigenvalue weighted by Crippen LogP contribution is -2.00. The molecule has 7 heteroatoms. The van der Waals surface area contributed by atoms with Gasteiger partial charge in [0.1, 0.15) is 11.4 Å². The van der Waals surface area contributed by atoms with Gasteiger partial charge in [-0.15, -0.1) is 5.10 Å². The van der Waals surface area contributed by atoms with Crippen molar-refractivity contribution >= 4 is 22.7 Å². The van der Waals surface area contributed by atoms with Crippen LogP contribution >= 0.6 is 11.8 Å². The number of H-pyrrole nitrogens is 1. The Balaban J connectivity index is 1.59. The van der Waals surface area contributed by atoms with Crippen molar-refractivity contribution in [1.29, 1.82) is 0 Å². The van der Waals surface area contributed by atoms with Gasteiger partial charge in [0.2, 0.25) is 5.16 Å². The number of aryl methyl sites for hydroxylation is 1. The molecule has 2 aromatic heterocycles. The summed E-state index contributed by atoms with van der Waals surface area (Å²) in [7, 11) is 0. The van der Waals surface area contributed by atoms with Crippen molar-refractivity contribution in [1.82, 2.24) is 15.2 Å². The summed E-state index contributed by atoms with van der Waals surface area (Å²) in [6.45, 7) is 2.05. The molecular formula is C20H16FN3O2S. The van der Waals surface area contributed by atoms with E-state index in [1.54, 1.807) is 18.2 Å². The number of aromatic nitrogens is 3. The van der Waals surface area contributed by atoms with Crippen LogP contribution < -0.4 is 5.63 Å². The second-order valence-corrected chi connectivity index (χ2v) is 6.95. The summed E-state index contributed by atoms with van der Waals surface area (Å²) >= 11 is 1.37. The maximum Gasteiger partial charge on any atom is 0.336 e. The summed E-state index contributed by atoms with van der Waals surface area (Å²) in [5.74, 6) is 0.520. The summed E-state index contributed by atoms with van der Waals surface area (Å²) in [5.41, 5.74) is 2.53. The Kier molecular flexibility index (Phi) is 4.77. The minimum Gasteiger partial charge on any atom is -0.423 e. The first-order valence-electron chi connectivity index (χ1n) is 8.50. The average molecular weight is 381 g/mol. The van der Waals surface area contributed by atoms with E-state index in [-0.39, 0.29) is 11.4 Å². The standard InChI is InChI=1S/C20H16FN3O2S/c1-2-12-7-8-14-13(10-18(25)26-17(14)9-12)11-27-20-22-19(23-24-20)15-5-3-4-6-16(15)21/h3-10H,2,11H2,1H3,(H,22,23,24). The van der Waals surface area contributed by atoms with E-state index in [1.807, 2.05) is 18.2 Å². The Morgan fingerprint density at radius 3 is 2.85 bits per heavy atom. The molecule has 1 N–H and O–H groups in total. The van der Waals surface area contributed by atoms with E-state index in [0.29, 0.717) is 27.9 Å². The predicted octanol–water partition coefficient (Wildman–Crippen LogP) is 4.57. The lowest BCUT2D eigenvalue weighted by Gasteiger charge is -2.05. The fraction of sp³-hybridized carbons (Fsp3) is 0.150. The van der Waals surface area contributed by atoms with Crippen LogP contribution in [0.3, 0.4) is 0 Å². The highest BCUT2D eigenvalue weighted by Crippen LogP contribution is 2.27. The number of hydrogen-bond acceptors (Lipinski definition) is 5. The average Bonchev–Trinajstić information content (AvgIpc) is 3.14. The minimum atomic E-state index is -0.381. The molecule has 0 aliphatic rings. The highest BCUT2D eigenvalue weighted by molar-refractivity contribution is 7.98. The molecule has 2 heterocycles. The quantitative estimate of drug-likeness (QED) is 0.405. The molecule has 2 aromatic carbocycles. The van der Waals surface area contributed by atoms with Gasteiger partial charge in [0, 0.05) is 17.2 Å². The molecule has 27 heavy (non-hydrogen) atoms. The Labute approximate surface area is 158 Å². The van der Waals surface area contributed by atoms with Crippen LogP contribution in [0.25, 0.3) is 22.4 Å². The summed E-state index contributed by atoms with van der Waals surface area (Å²) < 4.78 is 19.2. The number of nitrogens with zero attached hydrogens (tertiary/aromatic N) is 2. The van der Waals surface area contributed by atoms with Crippen LogP contribution in [0.1, 0.15) is 18.1 Å². The van der Waals surface area contributed by atoms with Crippen molar-refractivity contribution in [2.75, 3.05) is 0 Å². The Morgan fingerprint density at radius 2 is 2.04 bits per heavy atom. The van der Waals surface area contributed by atoms with Crippen LogP contribution in [-0.4, -0.2) is 15.2 Å². The number of nitrogens with one attached hydrogen (secondary N) is 1. The molecule has 0 spiro atoms.